The Bertz CT molecular complexity index is 1350. The molecule has 0 saturated carbocycles. The predicted molar refractivity (Wildman–Crippen MR) is 183 cm³/mol. The second-order valence-corrected chi connectivity index (χ2v) is 17.4. The maximum atomic E-state index is 12.9. The highest BCUT2D eigenvalue weighted by Gasteiger charge is 2.51. The number of carbonyl (C=O) groups excluding carboxylic acids is 2. The number of aliphatic hydroxyl groups is 1. The first-order valence-electron chi connectivity index (χ1n) is 16.2. The summed E-state index contributed by atoms with van der Waals surface area (Å²) >= 11 is 0. The zero-order valence-electron chi connectivity index (χ0n) is 27.4. The average molecular weight is 628 g/mol. The topological polar surface area (TPSA) is 76.1 Å². The average Bonchev–Trinajstić information content (AvgIpc) is 3.33. The summed E-state index contributed by atoms with van der Waals surface area (Å²) in [6.07, 6.45) is 6.21. The molecule has 7 heteroatoms. The Hall–Kier alpha value is -3.52. The molecule has 0 unspecified atom stereocenters. The van der Waals surface area contributed by atoms with Crippen LogP contribution in [0.3, 0.4) is 0 Å². The Kier molecular flexibility index (Phi) is 12.0. The van der Waals surface area contributed by atoms with Crippen LogP contribution in [0.4, 0.5) is 4.79 Å². The fraction of sp³-hybridized carbons (Fsp3) is 0.421. The summed E-state index contributed by atoms with van der Waals surface area (Å²) in [5.74, 6) is -0.405. The minimum atomic E-state index is -2.57. The lowest BCUT2D eigenvalue weighted by Crippen LogP contribution is -2.67. The lowest BCUT2D eigenvalue weighted by Gasteiger charge is -2.44. The van der Waals surface area contributed by atoms with Gasteiger partial charge in [-0.25, -0.2) is 9.69 Å². The molecule has 4 atom stereocenters. The number of rotatable bonds is 14. The van der Waals surface area contributed by atoms with E-state index in [1.165, 1.54) is 10.4 Å². The molecule has 0 radical (unpaired) electrons. The maximum Gasteiger partial charge on any atom is 0.417 e. The minimum Gasteiger partial charge on any atom is -0.439 e. The molecule has 1 heterocycles. The fourth-order valence-electron chi connectivity index (χ4n) is 6.39. The van der Waals surface area contributed by atoms with Crippen molar-refractivity contribution in [3.63, 3.8) is 0 Å². The Labute approximate surface area is 270 Å². The second-order valence-electron chi connectivity index (χ2n) is 13.1. The van der Waals surface area contributed by atoms with Crippen LogP contribution in [0.1, 0.15) is 84.8 Å². The Balaban J connectivity index is 1.23. The van der Waals surface area contributed by atoms with Gasteiger partial charge in [0.05, 0.1) is 18.6 Å². The van der Waals surface area contributed by atoms with Crippen LogP contribution >= 0.6 is 0 Å². The van der Waals surface area contributed by atoms with Crippen LogP contribution in [0.15, 0.2) is 103 Å². The van der Waals surface area contributed by atoms with E-state index in [1.807, 2.05) is 30.3 Å². The van der Waals surface area contributed by atoms with E-state index in [4.69, 9.17) is 9.16 Å². The van der Waals surface area contributed by atoms with Gasteiger partial charge in [-0.3, -0.25) is 4.79 Å². The van der Waals surface area contributed by atoms with Crippen LogP contribution < -0.4 is 10.4 Å². The zero-order valence-corrected chi connectivity index (χ0v) is 28.4. The van der Waals surface area contributed by atoms with Crippen LogP contribution in [0.2, 0.25) is 5.04 Å². The number of amides is 2. The number of nitrogens with zero attached hydrogens (tertiary/aromatic N) is 1. The van der Waals surface area contributed by atoms with E-state index in [-0.39, 0.29) is 17.6 Å². The van der Waals surface area contributed by atoms with Crippen molar-refractivity contribution in [3.05, 3.63) is 109 Å². The monoisotopic (exact) mass is 627 g/mol. The number of cyclic esters (lactones) is 1. The molecule has 0 aromatic heterocycles. The molecular weight excluding hydrogens is 579 g/mol. The molecular formula is C38H49NO5Si. The number of hydrogen-bond donors (Lipinski definition) is 1. The number of carbonyl (C=O) groups is 2. The van der Waals surface area contributed by atoms with Crippen molar-refractivity contribution in [2.24, 2.45) is 0 Å². The molecule has 1 aliphatic heterocycles. The summed E-state index contributed by atoms with van der Waals surface area (Å²) < 4.78 is 12.7. The van der Waals surface area contributed by atoms with Crippen molar-refractivity contribution in [1.29, 1.82) is 0 Å². The molecule has 240 valence electrons. The first-order chi connectivity index (χ1) is 21.5. The van der Waals surface area contributed by atoms with Crippen molar-refractivity contribution in [1.82, 2.24) is 4.90 Å². The number of aliphatic hydroxyl groups excluding tert-OH is 1. The lowest BCUT2D eigenvalue weighted by molar-refractivity contribution is -0.131. The third kappa shape index (κ3) is 8.40. The Morgan fingerprint density at radius 1 is 0.911 bits per heavy atom. The van der Waals surface area contributed by atoms with Crippen molar-refractivity contribution in [2.75, 3.05) is 0 Å². The van der Waals surface area contributed by atoms with Gasteiger partial charge in [0.25, 0.3) is 8.32 Å². The van der Waals surface area contributed by atoms with E-state index >= 15 is 0 Å². The molecule has 45 heavy (non-hydrogen) atoms. The van der Waals surface area contributed by atoms with Crippen LogP contribution in [-0.2, 0) is 14.0 Å². The van der Waals surface area contributed by atoms with E-state index in [1.54, 1.807) is 6.92 Å². The molecule has 0 bridgehead atoms. The number of hydrogen-bond acceptors (Lipinski definition) is 5. The molecule has 3 aromatic carbocycles. The third-order valence-corrected chi connectivity index (χ3v) is 13.8. The molecule has 1 N–H and O–H groups in total. The van der Waals surface area contributed by atoms with Crippen molar-refractivity contribution in [3.8, 4) is 0 Å². The van der Waals surface area contributed by atoms with E-state index in [0.29, 0.717) is 12.8 Å². The number of unbranched alkanes of at least 4 members (excludes halogenated alkanes) is 1. The van der Waals surface area contributed by atoms with Crippen LogP contribution in [0.5, 0.6) is 0 Å². The van der Waals surface area contributed by atoms with Crippen molar-refractivity contribution < 1.29 is 23.9 Å². The quantitative estimate of drug-likeness (QED) is 0.115. The zero-order chi connectivity index (χ0) is 32.5. The normalized spacial score (nSPS) is 18.6. The van der Waals surface area contributed by atoms with Crippen LogP contribution in [0.25, 0.3) is 0 Å². The summed E-state index contributed by atoms with van der Waals surface area (Å²) in [4.78, 5) is 26.5. The van der Waals surface area contributed by atoms with E-state index < -0.39 is 38.6 Å². The SMILES string of the molecule is C[C@@H]1[C@H](c2ccccc2)OC(=O)N1C(=O)C[C@H](O)CC/C=C/CCC[C@H](C)O[Si](c1ccccc1)(c1ccccc1)C(C)(C)C. The van der Waals surface area contributed by atoms with E-state index in [2.05, 4.69) is 101 Å². The fourth-order valence-corrected chi connectivity index (χ4v) is 11.1. The van der Waals surface area contributed by atoms with Gasteiger partial charge in [-0.2, -0.15) is 0 Å². The van der Waals surface area contributed by atoms with Gasteiger partial charge in [0.15, 0.2) is 0 Å². The van der Waals surface area contributed by atoms with Crippen LogP contribution in [0, 0.1) is 0 Å². The highest BCUT2D eigenvalue weighted by Crippen LogP contribution is 2.38. The molecule has 3 aromatic rings. The predicted octanol–water partition coefficient (Wildman–Crippen LogP) is 7.32. The summed E-state index contributed by atoms with van der Waals surface area (Å²) in [6, 6.07) is 30.4. The molecule has 6 nitrogen and oxygen atoms in total. The molecule has 0 aliphatic carbocycles. The van der Waals surface area contributed by atoms with Gasteiger partial charge >= 0.3 is 6.09 Å². The minimum absolute atomic E-state index is 0.0528. The first-order valence-corrected chi connectivity index (χ1v) is 18.1. The van der Waals surface area contributed by atoms with Gasteiger partial charge in [0, 0.05) is 6.10 Å². The summed E-state index contributed by atoms with van der Waals surface area (Å²) in [5.41, 5.74) is 0.850. The van der Waals surface area contributed by atoms with Gasteiger partial charge in [0.2, 0.25) is 5.91 Å². The highest BCUT2D eigenvalue weighted by molar-refractivity contribution is 6.99. The third-order valence-electron chi connectivity index (χ3n) is 8.69. The first kappa shape index (κ1) is 34.4. The second kappa shape index (κ2) is 15.7. The van der Waals surface area contributed by atoms with E-state index in [9.17, 15) is 14.7 Å². The lowest BCUT2D eigenvalue weighted by atomic mass is 10.0. The number of allylic oxidation sites excluding steroid dienone is 2. The Morgan fingerprint density at radius 2 is 1.44 bits per heavy atom. The van der Waals surface area contributed by atoms with Gasteiger partial charge in [-0.15, -0.1) is 0 Å². The van der Waals surface area contributed by atoms with Crippen LogP contribution in [-0.4, -0.2) is 48.6 Å². The number of benzene rings is 3. The van der Waals surface area contributed by atoms with E-state index in [0.717, 1.165) is 29.7 Å². The standard InChI is InChI=1S/C38H49NO5Si/c1-29(44-45(38(3,4)5,33-24-16-10-17-25-33)34-26-18-11-19-27-34)20-12-7-6-8-15-23-32(40)28-35(41)39-30(2)36(43-37(39)42)31-21-13-9-14-22-31/h6,8-11,13-14,16-19,21-22,24-27,29-30,32,36,40H,7,12,15,20,23,28H2,1-5H3/b8-6+/t29-,30+,32+,36+/m0/s1. The molecule has 0 spiro atoms. The molecule has 4 rings (SSSR count). The van der Waals surface area contributed by atoms with Crippen molar-refractivity contribution >= 4 is 30.7 Å². The van der Waals surface area contributed by atoms with Gasteiger partial charge in [0.1, 0.15) is 6.10 Å². The number of ether oxygens (including phenoxy) is 1. The largest absolute Gasteiger partial charge is 0.439 e. The maximum absolute atomic E-state index is 12.9. The molecule has 1 saturated heterocycles. The summed E-state index contributed by atoms with van der Waals surface area (Å²) in [7, 11) is -2.57. The van der Waals surface area contributed by atoms with Gasteiger partial charge in [-0.1, -0.05) is 124 Å². The molecule has 1 fully saturated rings. The van der Waals surface area contributed by atoms with Crippen molar-refractivity contribution in [2.45, 2.75) is 103 Å². The van der Waals surface area contributed by atoms with Gasteiger partial charge < -0.3 is 14.3 Å². The summed E-state index contributed by atoms with van der Waals surface area (Å²) in [6.45, 7) is 10.9. The smallest absolute Gasteiger partial charge is 0.417 e. The van der Waals surface area contributed by atoms with Gasteiger partial charge in [-0.05, 0) is 66.9 Å². The molecule has 2 amide bonds. The molecule has 1 aliphatic rings. The number of imide groups is 1. The highest BCUT2D eigenvalue weighted by atomic mass is 28.4. The summed E-state index contributed by atoms with van der Waals surface area (Å²) in [5, 5.41) is 13.1. The Morgan fingerprint density at radius 3 is 2.00 bits per heavy atom.